The second-order valence-electron chi connectivity index (χ2n) is 4.70. The van der Waals surface area contributed by atoms with Crippen LogP contribution < -0.4 is 11.1 Å². The third kappa shape index (κ3) is 1.93. The van der Waals surface area contributed by atoms with Crippen LogP contribution in [0.25, 0.3) is 11.0 Å². The Bertz CT molecular complexity index is 599. The summed E-state index contributed by atoms with van der Waals surface area (Å²) in [6.07, 6.45) is 0.934. The molecule has 1 aromatic carbocycles. The molecule has 2 aromatic rings. The van der Waals surface area contributed by atoms with Crippen molar-refractivity contribution in [1.82, 2.24) is 5.32 Å². The summed E-state index contributed by atoms with van der Waals surface area (Å²) < 4.78 is 5.45. The quantitative estimate of drug-likeness (QED) is 0.696. The Balaban J connectivity index is 1.79. The molecular weight excluding hydrogens is 232 g/mol. The molecular formula is C13H14N2O3. The molecule has 0 saturated heterocycles. The van der Waals surface area contributed by atoms with Crippen LogP contribution >= 0.6 is 0 Å². The van der Waals surface area contributed by atoms with Gasteiger partial charge in [-0.25, -0.2) is 0 Å². The van der Waals surface area contributed by atoms with Crippen molar-refractivity contribution in [1.29, 1.82) is 0 Å². The number of nitrogens with one attached hydrogen (secondary N) is 1. The lowest BCUT2D eigenvalue weighted by atomic mass is 9.89. The summed E-state index contributed by atoms with van der Waals surface area (Å²) in [6, 6.07) is 6.97. The number of furan rings is 1. The predicted octanol–water partition coefficient (Wildman–Crippen LogP) is 1.27. The number of carbonyl (C=O) groups is 1. The van der Waals surface area contributed by atoms with Crippen molar-refractivity contribution >= 4 is 22.6 Å². The fourth-order valence-corrected chi connectivity index (χ4v) is 2.14. The average molecular weight is 246 g/mol. The third-order valence-corrected chi connectivity index (χ3v) is 3.21. The largest absolute Gasteiger partial charge is 0.451 e. The summed E-state index contributed by atoms with van der Waals surface area (Å²) in [6.45, 7) is 0. The van der Waals surface area contributed by atoms with Crippen LogP contribution in [0, 0.1) is 0 Å². The highest BCUT2D eigenvalue weighted by Gasteiger charge is 2.29. The fraction of sp³-hybridized carbons (Fsp3) is 0.308. The van der Waals surface area contributed by atoms with Crippen molar-refractivity contribution in [3.05, 3.63) is 30.0 Å². The smallest absolute Gasteiger partial charge is 0.287 e. The van der Waals surface area contributed by atoms with Crippen LogP contribution in [0.5, 0.6) is 0 Å². The van der Waals surface area contributed by atoms with Crippen LogP contribution in [0.15, 0.2) is 28.7 Å². The van der Waals surface area contributed by atoms with E-state index in [1.165, 1.54) is 0 Å². The molecule has 0 atom stereocenters. The molecule has 1 fully saturated rings. The van der Waals surface area contributed by atoms with Crippen LogP contribution in [0.1, 0.15) is 23.4 Å². The Labute approximate surface area is 104 Å². The molecule has 1 saturated carbocycles. The van der Waals surface area contributed by atoms with Crippen molar-refractivity contribution < 1.29 is 14.3 Å². The van der Waals surface area contributed by atoms with Crippen LogP contribution in [0.2, 0.25) is 0 Å². The molecule has 3 rings (SSSR count). The van der Waals surface area contributed by atoms with Crippen LogP contribution in [0.4, 0.5) is 5.69 Å². The first kappa shape index (κ1) is 11.1. The minimum Gasteiger partial charge on any atom is -0.451 e. The number of carbonyl (C=O) groups excluding carboxylic acids is 1. The lowest BCUT2D eigenvalue weighted by Crippen LogP contribution is -2.46. The normalized spacial score (nSPS) is 22.7. The number of amides is 1. The van der Waals surface area contributed by atoms with Gasteiger partial charge in [0.1, 0.15) is 5.58 Å². The Hall–Kier alpha value is -2.01. The summed E-state index contributed by atoms with van der Waals surface area (Å²) in [7, 11) is 0. The van der Waals surface area contributed by atoms with Gasteiger partial charge in [-0.3, -0.25) is 4.79 Å². The number of fused-ring (bicyclic) bond motifs is 1. The van der Waals surface area contributed by atoms with Gasteiger partial charge in [-0.1, -0.05) is 0 Å². The van der Waals surface area contributed by atoms with Gasteiger partial charge in [-0.2, -0.15) is 0 Å². The molecule has 5 nitrogen and oxygen atoms in total. The summed E-state index contributed by atoms with van der Waals surface area (Å²) >= 11 is 0. The van der Waals surface area contributed by atoms with Crippen molar-refractivity contribution in [3.8, 4) is 0 Å². The molecule has 1 amide bonds. The lowest BCUT2D eigenvalue weighted by molar-refractivity contribution is 0.0552. The minimum absolute atomic E-state index is 0.0470. The van der Waals surface area contributed by atoms with E-state index in [0.717, 1.165) is 5.39 Å². The van der Waals surface area contributed by atoms with Crippen LogP contribution in [-0.4, -0.2) is 23.2 Å². The zero-order chi connectivity index (χ0) is 12.7. The zero-order valence-corrected chi connectivity index (χ0v) is 9.72. The van der Waals surface area contributed by atoms with E-state index in [1.807, 2.05) is 0 Å². The summed E-state index contributed by atoms with van der Waals surface area (Å²) in [5.41, 5.74) is 6.94. The molecule has 0 unspecified atom stereocenters. The van der Waals surface area contributed by atoms with E-state index in [1.54, 1.807) is 24.3 Å². The standard InChI is InChI=1S/C13H14N2O3/c14-8-1-2-11-7(3-8)4-12(18-11)13(17)15-9-5-10(16)6-9/h1-4,9-10,16H,5-6,14H2,(H,15,17). The van der Waals surface area contributed by atoms with Gasteiger partial charge in [0.05, 0.1) is 6.10 Å². The topological polar surface area (TPSA) is 88.5 Å². The highest BCUT2D eigenvalue weighted by molar-refractivity contribution is 5.96. The number of nitrogens with two attached hydrogens (primary N) is 1. The maximum Gasteiger partial charge on any atom is 0.287 e. The second kappa shape index (κ2) is 4.03. The third-order valence-electron chi connectivity index (χ3n) is 3.21. The molecule has 1 aliphatic carbocycles. The summed E-state index contributed by atoms with van der Waals surface area (Å²) in [5, 5.41) is 12.8. The number of aliphatic hydroxyl groups excluding tert-OH is 1. The van der Waals surface area contributed by atoms with Crippen LogP contribution in [0.3, 0.4) is 0 Å². The van der Waals surface area contributed by atoms with E-state index < -0.39 is 0 Å². The second-order valence-corrected chi connectivity index (χ2v) is 4.70. The van der Waals surface area contributed by atoms with Gasteiger partial charge >= 0.3 is 0 Å². The van der Waals surface area contributed by atoms with Crippen molar-refractivity contribution in [2.45, 2.75) is 25.0 Å². The number of nitrogen functional groups attached to an aromatic ring is 1. The SMILES string of the molecule is Nc1ccc2oc(C(=O)NC3CC(O)C3)cc2c1. The van der Waals surface area contributed by atoms with Gasteiger partial charge in [0.25, 0.3) is 5.91 Å². The highest BCUT2D eigenvalue weighted by atomic mass is 16.3. The first-order chi connectivity index (χ1) is 8.61. The van der Waals surface area contributed by atoms with Crippen molar-refractivity contribution in [2.24, 2.45) is 0 Å². The van der Waals surface area contributed by atoms with Gasteiger partial charge in [-0.15, -0.1) is 0 Å². The Morgan fingerprint density at radius 3 is 2.89 bits per heavy atom. The van der Waals surface area contributed by atoms with Gasteiger partial charge < -0.3 is 20.6 Å². The highest BCUT2D eigenvalue weighted by Crippen LogP contribution is 2.23. The molecule has 18 heavy (non-hydrogen) atoms. The van der Waals surface area contributed by atoms with E-state index in [0.29, 0.717) is 24.1 Å². The van der Waals surface area contributed by atoms with Gasteiger partial charge in [-0.05, 0) is 37.1 Å². The molecule has 0 bridgehead atoms. The van der Waals surface area contributed by atoms with Gasteiger partial charge in [0.2, 0.25) is 0 Å². The molecule has 5 heteroatoms. The number of hydrogen-bond acceptors (Lipinski definition) is 4. The van der Waals surface area contributed by atoms with E-state index in [9.17, 15) is 4.79 Å². The van der Waals surface area contributed by atoms with E-state index in [2.05, 4.69) is 5.32 Å². The Morgan fingerprint density at radius 2 is 2.17 bits per heavy atom. The van der Waals surface area contributed by atoms with E-state index >= 15 is 0 Å². The molecule has 94 valence electrons. The van der Waals surface area contributed by atoms with Crippen molar-refractivity contribution in [3.63, 3.8) is 0 Å². The fourth-order valence-electron chi connectivity index (χ4n) is 2.14. The van der Waals surface area contributed by atoms with Crippen LogP contribution in [-0.2, 0) is 0 Å². The van der Waals surface area contributed by atoms with E-state index in [4.69, 9.17) is 15.3 Å². The molecule has 0 spiro atoms. The monoisotopic (exact) mass is 246 g/mol. The molecule has 0 radical (unpaired) electrons. The summed E-state index contributed by atoms with van der Waals surface area (Å²) in [4.78, 5) is 11.9. The summed E-state index contributed by atoms with van der Waals surface area (Å²) in [5.74, 6) is 0.0265. The van der Waals surface area contributed by atoms with E-state index in [-0.39, 0.29) is 23.8 Å². The molecule has 1 heterocycles. The molecule has 0 aliphatic heterocycles. The molecule has 1 aromatic heterocycles. The lowest BCUT2D eigenvalue weighted by Gasteiger charge is -2.31. The number of hydrogen-bond donors (Lipinski definition) is 3. The van der Waals surface area contributed by atoms with Crippen molar-refractivity contribution in [2.75, 3.05) is 5.73 Å². The maximum atomic E-state index is 11.9. The number of rotatable bonds is 2. The number of aliphatic hydroxyl groups is 1. The minimum atomic E-state index is -0.286. The van der Waals surface area contributed by atoms with Gasteiger partial charge in [0.15, 0.2) is 5.76 Å². The average Bonchev–Trinajstić information content (AvgIpc) is 2.69. The molecule has 1 aliphatic rings. The Kier molecular flexibility index (Phi) is 2.48. The first-order valence-electron chi connectivity index (χ1n) is 5.90. The molecule has 4 N–H and O–H groups in total. The first-order valence-corrected chi connectivity index (χ1v) is 5.90. The van der Waals surface area contributed by atoms with Gasteiger partial charge in [0, 0.05) is 17.1 Å². The Morgan fingerprint density at radius 1 is 1.39 bits per heavy atom. The zero-order valence-electron chi connectivity index (χ0n) is 9.72. The number of anilines is 1. The predicted molar refractivity (Wildman–Crippen MR) is 67.1 cm³/mol. The maximum absolute atomic E-state index is 11.9. The number of benzene rings is 1.